The van der Waals surface area contributed by atoms with E-state index in [-0.39, 0.29) is 17.9 Å². The van der Waals surface area contributed by atoms with Crippen molar-refractivity contribution in [3.63, 3.8) is 0 Å². The number of ether oxygens (including phenoxy) is 1. The number of hydrogen-bond acceptors (Lipinski definition) is 5. The molecule has 3 rings (SSSR count). The second-order valence-electron chi connectivity index (χ2n) is 5.05. The lowest BCUT2D eigenvalue weighted by molar-refractivity contribution is 0.0689. The van der Waals surface area contributed by atoms with Gasteiger partial charge in [-0.3, -0.25) is 4.90 Å². The van der Waals surface area contributed by atoms with E-state index in [1.54, 1.807) is 0 Å². The molecule has 110 valence electrons. The molecule has 21 heavy (non-hydrogen) atoms. The van der Waals surface area contributed by atoms with Crippen molar-refractivity contribution in [2.24, 2.45) is 0 Å². The molecule has 0 spiro atoms. The molecular formula is C15H16N2O4. The van der Waals surface area contributed by atoms with Crippen LogP contribution in [0.4, 0.5) is 0 Å². The molecule has 0 aliphatic carbocycles. The fourth-order valence-electron chi connectivity index (χ4n) is 2.43. The molecule has 1 N–H and O–H groups in total. The number of hydrogen-bond donors (Lipinski definition) is 1. The lowest BCUT2D eigenvalue weighted by Crippen LogP contribution is -2.24. The third kappa shape index (κ3) is 3.41. The van der Waals surface area contributed by atoms with Gasteiger partial charge in [-0.05, 0) is 12.0 Å². The summed E-state index contributed by atoms with van der Waals surface area (Å²) in [5, 5.41) is 8.78. The molecule has 6 heteroatoms. The lowest BCUT2D eigenvalue weighted by atomic mass is 10.2. The Bertz CT molecular complexity index is 611. The van der Waals surface area contributed by atoms with E-state index in [4.69, 9.17) is 14.3 Å². The number of oxazole rings is 1. The molecule has 1 unspecified atom stereocenters. The van der Waals surface area contributed by atoms with Gasteiger partial charge < -0.3 is 14.3 Å². The summed E-state index contributed by atoms with van der Waals surface area (Å²) >= 11 is 0. The number of carbonyl (C=O) groups is 1. The van der Waals surface area contributed by atoms with Crippen molar-refractivity contribution in [2.45, 2.75) is 19.1 Å². The van der Waals surface area contributed by atoms with Crippen LogP contribution in [0.5, 0.6) is 6.08 Å². The maximum atomic E-state index is 10.7. The van der Waals surface area contributed by atoms with Gasteiger partial charge in [0, 0.05) is 19.6 Å². The van der Waals surface area contributed by atoms with Gasteiger partial charge in [-0.15, -0.1) is 0 Å². The van der Waals surface area contributed by atoms with Gasteiger partial charge in [0.2, 0.25) is 0 Å². The topological polar surface area (TPSA) is 75.8 Å². The first-order chi connectivity index (χ1) is 10.2. The van der Waals surface area contributed by atoms with E-state index >= 15 is 0 Å². The highest BCUT2D eigenvalue weighted by molar-refractivity contribution is 5.84. The maximum Gasteiger partial charge on any atom is 0.394 e. The third-order valence-electron chi connectivity index (χ3n) is 3.45. The van der Waals surface area contributed by atoms with E-state index < -0.39 is 5.97 Å². The van der Waals surface area contributed by atoms with Crippen LogP contribution in [-0.4, -0.2) is 40.2 Å². The monoisotopic (exact) mass is 288 g/mol. The van der Waals surface area contributed by atoms with Gasteiger partial charge >= 0.3 is 12.0 Å². The number of aromatic nitrogens is 1. The van der Waals surface area contributed by atoms with Crippen LogP contribution in [0.1, 0.15) is 22.5 Å². The van der Waals surface area contributed by atoms with Crippen LogP contribution < -0.4 is 4.74 Å². The summed E-state index contributed by atoms with van der Waals surface area (Å²) in [5.74, 6) is -1.12. The second kappa shape index (κ2) is 5.97. The van der Waals surface area contributed by atoms with Gasteiger partial charge in [-0.25, -0.2) is 4.79 Å². The summed E-state index contributed by atoms with van der Waals surface area (Å²) < 4.78 is 10.6. The average Bonchev–Trinajstić information content (AvgIpc) is 3.10. The molecule has 2 aromatic rings. The van der Waals surface area contributed by atoms with Crippen LogP contribution in [-0.2, 0) is 6.54 Å². The van der Waals surface area contributed by atoms with Crippen molar-refractivity contribution in [1.29, 1.82) is 0 Å². The fraction of sp³-hybridized carbons (Fsp3) is 0.333. The van der Waals surface area contributed by atoms with E-state index in [0.717, 1.165) is 32.3 Å². The summed E-state index contributed by atoms with van der Waals surface area (Å²) in [6.07, 6.45) is 1.97. The summed E-state index contributed by atoms with van der Waals surface area (Å²) in [5.41, 5.74) is 1.13. The zero-order valence-corrected chi connectivity index (χ0v) is 11.4. The number of aromatic carboxylic acids is 1. The van der Waals surface area contributed by atoms with Gasteiger partial charge in [0.05, 0.1) is 0 Å². The molecule has 0 amide bonds. The maximum absolute atomic E-state index is 10.7. The predicted molar refractivity (Wildman–Crippen MR) is 74.2 cm³/mol. The minimum atomic E-state index is -1.12. The Labute approximate surface area is 122 Å². The van der Waals surface area contributed by atoms with Crippen LogP contribution in [0, 0.1) is 0 Å². The van der Waals surface area contributed by atoms with E-state index in [2.05, 4.69) is 22.0 Å². The smallest absolute Gasteiger partial charge is 0.394 e. The number of rotatable bonds is 5. The van der Waals surface area contributed by atoms with Gasteiger partial charge in [0.25, 0.3) is 0 Å². The predicted octanol–water partition coefficient (Wildman–Crippen LogP) is 2.03. The number of likely N-dealkylation sites (tertiary alicyclic amines) is 1. The molecule has 1 aliphatic rings. The van der Waals surface area contributed by atoms with Crippen LogP contribution in [0.25, 0.3) is 0 Å². The van der Waals surface area contributed by atoms with Crippen molar-refractivity contribution in [3.05, 3.63) is 47.9 Å². The van der Waals surface area contributed by atoms with Gasteiger partial charge in [0.15, 0.2) is 5.69 Å². The molecule has 0 radical (unpaired) electrons. The molecule has 1 aromatic heterocycles. The zero-order valence-electron chi connectivity index (χ0n) is 11.4. The Morgan fingerprint density at radius 1 is 1.43 bits per heavy atom. The average molecular weight is 288 g/mol. The minimum absolute atomic E-state index is 0.0194. The van der Waals surface area contributed by atoms with Crippen molar-refractivity contribution in [1.82, 2.24) is 9.88 Å². The van der Waals surface area contributed by atoms with Crippen LogP contribution >= 0.6 is 0 Å². The SMILES string of the molecule is O=C(O)c1coc(OC2CCN(Cc3ccccc3)C2)n1. The first kappa shape index (κ1) is 13.6. The zero-order chi connectivity index (χ0) is 14.7. The first-order valence-electron chi connectivity index (χ1n) is 6.82. The highest BCUT2D eigenvalue weighted by Crippen LogP contribution is 2.19. The molecule has 1 atom stereocenters. The molecule has 1 aliphatic heterocycles. The Kier molecular flexibility index (Phi) is 3.87. The fourth-order valence-corrected chi connectivity index (χ4v) is 2.43. The molecule has 0 saturated carbocycles. The van der Waals surface area contributed by atoms with E-state index in [1.807, 2.05) is 18.2 Å². The Balaban J connectivity index is 1.53. The van der Waals surface area contributed by atoms with E-state index in [0.29, 0.717) is 0 Å². The van der Waals surface area contributed by atoms with Crippen molar-refractivity contribution in [2.75, 3.05) is 13.1 Å². The Hall–Kier alpha value is -2.34. The largest absolute Gasteiger partial charge is 0.476 e. The highest BCUT2D eigenvalue weighted by atomic mass is 16.6. The number of carboxylic acid groups (broad SMARTS) is 1. The number of benzene rings is 1. The Morgan fingerprint density at radius 3 is 2.95 bits per heavy atom. The summed E-state index contributed by atoms with van der Waals surface area (Å²) in [6, 6.07) is 10.3. The molecule has 2 heterocycles. The third-order valence-corrected chi connectivity index (χ3v) is 3.45. The van der Waals surface area contributed by atoms with E-state index in [9.17, 15) is 4.79 Å². The Morgan fingerprint density at radius 2 is 2.24 bits per heavy atom. The highest BCUT2D eigenvalue weighted by Gasteiger charge is 2.25. The lowest BCUT2D eigenvalue weighted by Gasteiger charge is -2.15. The van der Waals surface area contributed by atoms with Crippen molar-refractivity contribution < 1.29 is 19.1 Å². The quantitative estimate of drug-likeness (QED) is 0.907. The summed E-state index contributed by atoms with van der Waals surface area (Å²) in [7, 11) is 0. The normalized spacial score (nSPS) is 18.8. The van der Waals surface area contributed by atoms with Gasteiger partial charge in [-0.1, -0.05) is 30.3 Å². The van der Waals surface area contributed by atoms with Crippen molar-refractivity contribution in [3.8, 4) is 6.08 Å². The van der Waals surface area contributed by atoms with E-state index in [1.165, 1.54) is 5.56 Å². The first-order valence-corrected chi connectivity index (χ1v) is 6.82. The van der Waals surface area contributed by atoms with Crippen LogP contribution in [0.15, 0.2) is 41.0 Å². The molecule has 1 aromatic carbocycles. The van der Waals surface area contributed by atoms with Gasteiger partial charge in [-0.2, -0.15) is 4.98 Å². The summed E-state index contributed by atoms with van der Waals surface area (Å²) in [6.45, 7) is 2.60. The van der Waals surface area contributed by atoms with Crippen LogP contribution in [0.2, 0.25) is 0 Å². The molecular weight excluding hydrogens is 272 g/mol. The molecule has 1 saturated heterocycles. The number of carboxylic acids is 1. The molecule has 0 bridgehead atoms. The van der Waals surface area contributed by atoms with Gasteiger partial charge in [0.1, 0.15) is 12.4 Å². The molecule has 6 nitrogen and oxygen atoms in total. The number of nitrogens with zero attached hydrogens (tertiary/aromatic N) is 2. The molecule has 1 fully saturated rings. The van der Waals surface area contributed by atoms with Crippen LogP contribution in [0.3, 0.4) is 0 Å². The second-order valence-corrected chi connectivity index (χ2v) is 5.05. The minimum Gasteiger partial charge on any atom is -0.476 e. The van der Waals surface area contributed by atoms with Crippen molar-refractivity contribution >= 4 is 5.97 Å². The standard InChI is InChI=1S/C15H16N2O4/c18-14(19)13-10-20-15(16-13)21-12-6-7-17(9-12)8-11-4-2-1-3-5-11/h1-5,10,12H,6-9H2,(H,18,19). The summed E-state index contributed by atoms with van der Waals surface area (Å²) in [4.78, 5) is 16.8.